The molecule has 1 unspecified atom stereocenters. The van der Waals surface area contributed by atoms with Gasteiger partial charge in [0.05, 0.1) is 5.02 Å². The highest BCUT2D eigenvalue weighted by atomic mass is 35.5. The standard InChI is InChI=1S/C15H23ClN2O2S.ClH/c1-3-4-12-5-6-14(16)15(9-12)21(19,20)18-8-7-13(11-18)10-17-2;/h5-6,9,13,17H,3-4,7-8,10-11H2,1-2H3;1H. The summed E-state index contributed by atoms with van der Waals surface area (Å²) in [6.45, 7) is 4.06. The fraction of sp³-hybridized carbons (Fsp3) is 0.600. The quantitative estimate of drug-likeness (QED) is 0.841. The fourth-order valence-electron chi connectivity index (χ4n) is 2.80. The molecule has 0 saturated carbocycles. The van der Waals surface area contributed by atoms with Crippen LogP contribution in [0.3, 0.4) is 0 Å². The lowest BCUT2D eigenvalue weighted by Gasteiger charge is -2.18. The Balaban J connectivity index is 0.00000242. The van der Waals surface area contributed by atoms with E-state index in [1.165, 1.54) is 0 Å². The third kappa shape index (κ3) is 4.36. The number of hydrogen-bond acceptors (Lipinski definition) is 3. The summed E-state index contributed by atoms with van der Waals surface area (Å²) in [4.78, 5) is 0.250. The minimum atomic E-state index is -3.49. The van der Waals surface area contributed by atoms with E-state index < -0.39 is 10.0 Å². The van der Waals surface area contributed by atoms with Crippen molar-refractivity contribution < 1.29 is 8.42 Å². The molecule has 1 aromatic carbocycles. The molecule has 0 bridgehead atoms. The predicted octanol–water partition coefficient (Wildman–Crippen LogP) is 2.94. The molecule has 2 rings (SSSR count). The van der Waals surface area contributed by atoms with Gasteiger partial charge >= 0.3 is 0 Å². The van der Waals surface area contributed by atoms with Crippen LogP contribution in [0.2, 0.25) is 5.02 Å². The monoisotopic (exact) mass is 366 g/mol. The van der Waals surface area contributed by atoms with Crippen molar-refractivity contribution in [1.82, 2.24) is 9.62 Å². The molecule has 0 aromatic heterocycles. The normalized spacial score (nSPS) is 19.1. The third-order valence-corrected chi connectivity index (χ3v) is 6.24. The predicted molar refractivity (Wildman–Crippen MR) is 93.5 cm³/mol. The molecule has 0 amide bonds. The van der Waals surface area contributed by atoms with Crippen molar-refractivity contribution in [3.63, 3.8) is 0 Å². The maximum absolute atomic E-state index is 12.8. The Labute approximate surface area is 144 Å². The number of nitrogens with one attached hydrogen (secondary N) is 1. The molecule has 22 heavy (non-hydrogen) atoms. The number of sulfonamides is 1. The van der Waals surface area contributed by atoms with Crippen molar-refractivity contribution in [2.75, 3.05) is 26.7 Å². The van der Waals surface area contributed by atoms with Crippen LogP contribution in [0.1, 0.15) is 25.3 Å². The van der Waals surface area contributed by atoms with E-state index in [1.54, 1.807) is 16.4 Å². The minimum absolute atomic E-state index is 0. The van der Waals surface area contributed by atoms with E-state index in [1.807, 2.05) is 13.1 Å². The molecule has 1 atom stereocenters. The molecule has 0 spiro atoms. The summed E-state index contributed by atoms with van der Waals surface area (Å²) in [5, 5.41) is 3.42. The first-order chi connectivity index (χ1) is 9.98. The van der Waals surface area contributed by atoms with Gasteiger partial charge in [-0.15, -0.1) is 12.4 Å². The van der Waals surface area contributed by atoms with Gasteiger partial charge in [-0.3, -0.25) is 0 Å². The topological polar surface area (TPSA) is 49.4 Å². The van der Waals surface area contributed by atoms with Crippen molar-refractivity contribution in [1.29, 1.82) is 0 Å². The van der Waals surface area contributed by atoms with Crippen LogP contribution < -0.4 is 5.32 Å². The first-order valence-corrected chi connectivity index (χ1v) is 9.24. The maximum atomic E-state index is 12.8. The van der Waals surface area contributed by atoms with Gasteiger partial charge in [-0.1, -0.05) is 31.0 Å². The van der Waals surface area contributed by atoms with Crippen LogP contribution in [-0.2, 0) is 16.4 Å². The zero-order valence-corrected chi connectivity index (χ0v) is 15.4. The Kier molecular flexibility index (Phi) is 7.62. The highest BCUT2D eigenvalue weighted by molar-refractivity contribution is 7.89. The van der Waals surface area contributed by atoms with Crippen LogP contribution in [-0.4, -0.2) is 39.4 Å². The average molecular weight is 367 g/mol. The summed E-state index contributed by atoms with van der Waals surface area (Å²) < 4.78 is 27.1. The summed E-state index contributed by atoms with van der Waals surface area (Å²) in [5.74, 6) is 0.377. The first-order valence-electron chi connectivity index (χ1n) is 7.42. The SMILES string of the molecule is CCCc1ccc(Cl)c(S(=O)(=O)N2CCC(CNC)C2)c1.Cl. The highest BCUT2D eigenvalue weighted by Gasteiger charge is 2.33. The molecule has 0 aliphatic carbocycles. The number of hydrogen-bond donors (Lipinski definition) is 1. The lowest BCUT2D eigenvalue weighted by molar-refractivity contribution is 0.451. The minimum Gasteiger partial charge on any atom is -0.319 e. The number of benzene rings is 1. The second kappa shape index (κ2) is 8.50. The number of aryl methyl sites for hydroxylation is 1. The number of rotatable bonds is 6. The summed E-state index contributed by atoms with van der Waals surface area (Å²) in [7, 11) is -1.60. The summed E-state index contributed by atoms with van der Waals surface area (Å²) in [5.41, 5.74) is 1.02. The Hall–Kier alpha value is -0.330. The zero-order chi connectivity index (χ0) is 15.5. The molecule has 1 aromatic rings. The van der Waals surface area contributed by atoms with Crippen LogP contribution in [0.5, 0.6) is 0 Å². The van der Waals surface area contributed by atoms with Gasteiger partial charge in [0.2, 0.25) is 10.0 Å². The smallest absolute Gasteiger partial charge is 0.244 e. The summed E-state index contributed by atoms with van der Waals surface area (Å²) >= 11 is 6.14. The van der Waals surface area contributed by atoms with Gasteiger partial charge < -0.3 is 5.32 Å². The zero-order valence-electron chi connectivity index (χ0n) is 13.0. The second-order valence-electron chi connectivity index (χ2n) is 5.59. The Morgan fingerprint density at radius 1 is 1.41 bits per heavy atom. The van der Waals surface area contributed by atoms with E-state index in [4.69, 9.17) is 11.6 Å². The Bertz CT molecular complexity index is 593. The highest BCUT2D eigenvalue weighted by Crippen LogP contribution is 2.29. The average Bonchev–Trinajstić information content (AvgIpc) is 2.91. The molecule has 1 fully saturated rings. The lowest BCUT2D eigenvalue weighted by Crippen LogP contribution is -2.30. The molecule has 1 aliphatic rings. The number of halogens is 2. The number of nitrogens with zero attached hydrogens (tertiary/aromatic N) is 1. The van der Waals surface area contributed by atoms with Crippen molar-refractivity contribution >= 4 is 34.0 Å². The van der Waals surface area contributed by atoms with Gasteiger partial charge in [-0.05, 0) is 50.0 Å². The van der Waals surface area contributed by atoms with E-state index in [0.717, 1.165) is 31.4 Å². The molecule has 1 heterocycles. The molecular formula is C15H24Cl2N2O2S. The molecule has 0 radical (unpaired) electrons. The molecule has 1 aliphatic heterocycles. The molecule has 1 saturated heterocycles. The molecule has 7 heteroatoms. The Morgan fingerprint density at radius 3 is 2.77 bits per heavy atom. The van der Waals surface area contributed by atoms with E-state index in [9.17, 15) is 8.42 Å². The van der Waals surface area contributed by atoms with Gasteiger partial charge in [0.1, 0.15) is 4.90 Å². The summed E-state index contributed by atoms with van der Waals surface area (Å²) in [6, 6.07) is 5.33. The maximum Gasteiger partial charge on any atom is 0.244 e. The van der Waals surface area contributed by atoms with Crippen LogP contribution >= 0.6 is 24.0 Å². The molecule has 1 N–H and O–H groups in total. The van der Waals surface area contributed by atoms with Gasteiger partial charge in [-0.2, -0.15) is 4.31 Å². The van der Waals surface area contributed by atoms with Crippen LogP contribution in [0.4, 0.5) is 0 Å². The van der Waals surface area contributed by atoms with E-state index >= 15 is 0 Å². The first kappa shape index (κ1) is 19.7. The van der Waals surface area contributed by atoms with Crippen molar-refractivity contribution in [3.8, 4) is 0 Å². The third-order valence-electron chi connectivity index (χ3n) is 3.89. The van der Waals surface area contributed by atoms with Gasteiger partial charge in [0.25, 0.3) is 0 Å². The lowest BCUT2D eigenvalue weighted by atomic mass is 10.1. The van der Waals surface area contributed by atoms with Gasteiger partial charge in [0.15, 0.2) is 0 Å². The molecule has 126 valence electrons. The van der Waals surface area contributed by atoms with E-state index in [2.05, 4.69) is 12.2 Å². The van der Waals surface area contributed by atoms with Gasteiger partial charge in [0, 0.05) is 13.1 Å². The van der Waals surface area contributed by atoms with E-state index in [-0.39, 0.29) is 17.3 Å². The summed E-state index contributed by atoms with van der Waals surface area (Å²) in [6.07, 6.45) is 2.74. The van der Waals surface area contributed by atoms with E-state index in [0.29, 0.717) is 24.0 Å². The van der Waals surface area contributed by atoms with Crippen LogP contribution in [0.15, 0.2) is 23.1 Å². The van der Waals surface area contributed by atoms with Crippen LogP contribution in [0.25, 0.3) is 0 Å². The Morgan fingerprint density at radius 2 is 2.14 bits per heavy atom. The fourth-order valence-corrected chi connectivity index (χ4v) is 4.86. The van der Waals surface area contributed by atoms with Crippen molar-refractivity contribution in [3.05, 3.63) is 28.8 Å². The van der Waals surface area contributed by atoms with Crippen molar-refractivity contribution in [2.45, 2.75) is 31.1 Å². The largest absolute Gasteiger partial charge is 0.319 e. The second-order valence-corrected chi connectivity index (χ2v) is 7.90. The van der Waals surface area contributed by atoms with Gasteiger partial charge in [-0.25, -0.2) is 8.42 Å². The molecule has 4 nitrogen and oxygen atoms in total. The van der Waals surface area contributed by atoms with Crippen LogP contribution in [0, 0.1) is 5.92 Å². The van der Waals surface area contributed by atoms with Crippen molar-refractivity contribution in [2.24, 2.45) is 5.92 Å². The molecular weight excluding hydrogens is 343 g/mol.